The largest absolute Gasteiger partial charge is 0.325 e. The minimum atomic E-state index is -0.385. The summed E-state index contributed by atoms with van der Waals surface area (Å²) in [5.74, 6) is -0.554. The summed E-state index contributed by atoms with van der Waals surface area (Å²) in [5, 5.41) is 2.60. The summed E-state index contributed by atoms with van der Waals surface area (Å²) in [6.45, 7) is 0.272. The van der Waals surface area contributed by atoms with Gasteiger partial charge in [0.2, 0.25) is 5.91 Å². The summed E-state index contributed by atoms with van der Waals surface area (Å²) in [7, 11) is 3.59. The van der Waals surface area contributed by atoms with Crippen molar-refractivity contribution in [3.63, 3.8) is 0 Å². The molecule has 5 heteroatoms. The van der Waals surface area contributed by atoms with Crippen molar-refractivity contribution >= 4 is 27.5 Å². The van der Waals surface area contributed by atoms with E-state index in [0.29, 0.717) is 10.2 Å². The van der Waals surface area contributed by atoms with E-state index in [1.165, 1.54) is 12.1 Å². The molecule has 3 nitrogen and oxygen atoms in total. The van der Waals surface area contributed by atoms with Crippen LogP contribution in [0.25, 0.3) is 0 Å². The van der Waals surface area contributed by atoms with Crippen molar-refractivity contribution in [2.45, 2.75) is 0 Å². The molecule has 1 aromatic rings. The molecule has 15 heavy (non-hydrogen) atoms. The third-order valence-corrected chi connectivity index (χ3v) is 2.06. The first-order valence-electron chi connectivity index (χ1n) is 4.38. The lowest BCUT2D eigenvalue weighted by atomic mass is 10.3. The number of anilines is 1. The zero-order valence-electron chi connectivity index (χ0n) is 8.55. The zero-order chi connectivity index (χ0) is 11.4. The van der Waals surface area contributed by atoms with Crippen LogP contribution in [0, 0.1) is 5.82 Å². The van der Waals surface area contributed by atoms with E-state index >= 15 is 0 Å². The summed E-state index contributed by atoms with van der Waals surface area (Å²) in [6, 6.07) is 4.26. The summed E-state index contributed by atoms with van der Waals surface area (Å²) in [5.41, 5.74) is 0.453. The summed E-state index contributed by atoms with van der Waals surface area (Å²) < 4.78 is 13.5. The molecule has 1 N–H and O–H groups in total. The first-order chi connectivity index (χ1) is 6.97. The van der Waals surface area contributed by atoms with Crippen LogP contribution in [0.1, 0.15) is 0 Å². The standard InChI is InChI=1S/C10H12BrFN2O/c1-14(2)6-10(15)13-9-4-7(11)3-8(12)5-9/h3-5H,6H2,1-2H3,(H,13,15). The number of hydrogen-bond acceptors (Lipinski definition) is 2. The van der Waals surface area contributed by atoms with E-state index < -0.39 is 0 Å². The third-order valence-electron chi connectivity index (χ3n) is 1.61. The van der Waals surface area contributed by atoms with Gasteiger partial charge in [-0.15, -0.1) is 0 Å². The normalized spacial score (nSPS) is 10.5. The Morgan fingerprint density at radius 1 is 1.47 bits per heavy atom. The second-order valence-corrected chi connectivity index (χ2v) is 4.36. The molecule has 0 aromatic heterocycles. The van der Waals surface area contributed by atoms with Crippen LogP contribution < -0.4 is 5.32 Å². The van der Waals surface area contributed by atoms with Gasteiger partial charge >= 0.3 is 0 Å². The van der Waals surface area contributed by atoms with Gasteiger partial charge in [-0.2, -0.15) is 0 Å². The van der Waals surface area contributed by atoms with Crippen molar-refractivity contribution in [3.8, 4) is 0 Å². The van der Waals surface area contributed by atoms with E-state index in [1.54, 1.807) is 25.1 Å². The molecule has 82 valence electrons. The second kappa shape index (κ2) is 5.23. The minimum absolute atomic E-state index is 0.169. The highest BCUT2D eigenvalue weighted by atomic mass is 79.9. The molecule has 0 saturated heterocycles. The number of carbonyl (C=O) groups is 1. The van der Waals surface area contributed by atoms with Gasteiger partial charge in [0.1, 0.15) is 5.82 Å². The Kier molecular flexibility index (Phi) is 4.23. The number of carbonyl (C=O) groups excluding carboxylic acids is 1. The molecule has 0 bridgehead atoms. The van der Waals surface area contributed by atoms with Crippen LogP contribution in [0.4, 0.5) is 10.1 Å². The average Bonchev–Trinajstić information content (AvgIpc) is 1.98. The predicted molar refractivity (Wildman–Crippen MR) is 61.3 cm³/mol. The van der Waals surface area contributed by atoms with Crippen LogP contribution in [-0.2, 0) is 4.79 Å². The Balaban J connectivity index is 2.68. The van der Waals surface area contributed by atoms with E-state index in [0.717, 1.165) is 0 Å². The van der Waals surface area contributed by atoms with Crippen LogP contribution in [0.3, 0.4) is 0 Å². The van der Waals surface area contributed by atoms with Gasteiger partial charge in [-0.1, -0.05) is 15.9 Å². The first-order valence-corrected chi connectivity index (χ1v) is 5.17. The predicted octanol–water partition coefficient (Wildman–Crippen LogP) is 2.09. The molecule has 0 aliphatic carbocycles. The molecular formula is C10H12BrFN2O. The van der Waals surface area contributed by atoms with Crippen molar-refractivity contribution in [2.24, 2.45) is 0 Å². The van der Waals surface area contributed by atoms with Gasteiger partial charge in [0, 0.05) is 10.2 Å². The quantitative estimate of drug-likeness (QED) is 0.916. The summed E-state index contributed by atoms with van der Waals surface area (Å²) in [4.78, 5) is 13.1. The summed E-state index contributed by atoms with van der Waals surface area (Å²) in [6.07, 6.45) is 0. The van der Waals surface area contributed by atoms with Crippen LogP contribution >= 0.6 is 15.9 Å². The third kappa shape index (κ3) is 4.40. The molecular weight excluding hydrogens is 263 g/mol. The van der Waals surface area contributed by atoms with Gasteiger partial charge in [-0.3, -0.25) is 4.79 Å². The fourth-order valence-electron chi connectivity index (χ4n) is 1.11. The SMILES string of the molecule is CN(C)CC(=O)Nc1cc(F)cc(Br)c1. The van der Waals surface area contributed by atoms with E-state index in [1.807, 2.05) is 0 Å². The average molecular weight is 275 g/mol. The minimum Gasteiger partial charge on any atom is -0.325 e. The van der Waals surface area contributed by atoms with Crippen molar-refractivity contribution in [3.05, 3.63) is 28.5 Å². The van der Waals surface area contributed by atoms with Gasteiger partial charge in [0.25, 0.3) is 0 Å². The van der Waals surface area contributed by atoms with Gasteiger partial charge in [0.15, 0.2) is 0 Å². The molecule has 0 fully saturated rings. The molecule has 0 heterocycles. The molecule has 0 aliphatic rings. The monoisotopic (exact) mass is 274 g/mol. The molecule has 0 unspecified atom stereocenters. The van der Waals surface area contributed by atoms with Crippen LogP contribution in [-0.4, -0.2) is 31.4 Å². The van der Waals surface area contributed by atoms with Crippen molar-refractivity contribution in [1.82, 2.24) is 4.90 Å². The molecule has 0 atom stereocenters. The van der Waals surface area contributed by atoms with E-state index in [-0.39, 0.29) is 18.3 Å². The fourth-order valence-corrected chi connectivity index (χ4v) is 1.58. The number of nitrogens with one attached hydrogen (secondary N) is 1. The summed E-state index contributed by atoms with van der Waals surface area (Å²) >= 11 is 3.15. The van der Waals surface area contributed by atoms with Crippen LogP contribution in [0.2, 0.25) is 0 Å². The molecule has 0 saturated carbocycles. The Labute approximate surface area is 96.4 Å². The highest BCUT2D eigenvalue weighted by Crippen LogP contribution is 2.18. The topological polar surface area (TPSA) is 32.3 Å². The van der Waals surface area contributed by atoms with Gasteiger partial charge in [-0.05, 0) is 32.3 Å². The van der Waals surface area contributed by atoms with Gasteiger partial charge < -0.3 is 10.2 Å². The molecule has 0 radical (unpaired) electrons. The number of amides is 1. The first kappa shape index (κ1) is 12.1. The number of nitrogens with zero attached hydrogens (tertiary/aromatic N) is 1. The number of rotatable bonds is 3. The maximum Gasteiger partial charge on any atom is 0.238 e. The number of hydrogen-bond donors (Lipinski definition) is 1. The van der Waals surface area contributed by atoms with E-state index in [9.17, 15) is 9.18 Å². The molecule has 0 spiro atoms. The molecule has 0 aliphatic heterocycles. The van der Waals surface area contributed by atoms with Crippen LogP contribution in [0.5, 0.6) is 0 Å². The Morgan fingerprint density at radius 2 is 2.13 bits per heavy atom. The zero-order valence-corrected chi connectivity index (χ0v) is 10.1. The van der Waals surface area contributed by atoms with E-state index in [4.69, 9.17) is 0 Å². The Morgan fingerprint density at radius 3 is 2.67 bits per heavy atom. The van der Waals surface area contributed by atoms with E-state index in [2.05, 4.69) is 21.2 Å². The second-order valence-electron chi connectivity index (χ2n) is 3.44. The van der Waals surface area contributed by atoms with Crippen molar-refractivity contribution in [1.29, 1.82) is 0 Å². The number of benzene rings is 1. The Hall–Kier alpha value is -0.940. The maximum atomic E-state index is 12.9. The lowest BCUT2D eigenvalue weighted by Gasteiger charge is -2.10. The van der Waals surface area contributed by atoms with Gasteiger partial charge in [-0.25, -0.2) is 4.39 Å². The van der Waals surface area contributed by atoms with Crippen molar-refractivity contribution in [2.75, 3.05) is 26.0 Å². The molecule has 1 amide bonds. The maximum absolute atomic E-state index is 12.9. The molecule has 1 aromatic carbocycles. The molecule has 1 rings (SSSR count). The Bertz CT molecular complexity index is 348. The smallest absolute Gasteiger partial charge is 0.238 e. The van der Waals surface area contributed by atoms with Crippen molar-refractivity contribution < 1.29 is 9.18 Å². The lowest BCUT2D eigenvalue weighted by molar-refractivity contribution is -0.116. The lowest BCUT2D eigenvalue weighted by Crippen LogP contribution is -2.27. The number of likely N-dealkylation sites (N-methyl/N-ethyl adjacent to an activating group) is 1. The van der Waals surface area contributed by atoms with Crippen LogP contribution in [0.15, 0.2) is 22.7 Å². The highest BCUT2D eigenvalue weighted by Gasteiger charge is 2.05. The highest BCUT2D eigenvalue weighted by molar-refractivity contribution is 9.10. The fraction of sp³-hybridized carbons (Fsp3) is 0.300. The van der Waals surface area contributed by atoms with Gasteiger partial charge in [0.05, 0.1) is 6.54 Å². The number of halogens is 2.